The van der Waals surface area contributed by atoms with E-state index in [1.807, 2.05) is 49.3 Å². The lowest BCUT2D eigenvalue weighted by Gasteiger charge is -2.13. The van der Waals surface area contributed by atoms with Crippen LogP contribution in [0.1, 0.15) is 10.4 Å². The van der Waals surface area contributed by atoms with E-state index in [0.717, 1.165) is 16.9 Å². The SMILES string of the molecule is CN(C)c1cnnc(Nc2ccc(NC(=O)c3ccc4nccnc4c3)cc2)c1. The summed E-state index contributed by atoms with van der Waals surface area (Å²) < 4.78 is 0. The van der Waals surface area contributed by atoms with E-state index in [9.17, 15) is 4.79 Å². The van der Waals surface area contributed by atoms with Crippen molar-refractivity contribution in [2.45, 2.75) is 0 Å². The van der Waals surface area contributed by atoms with E-state index in [4.69, 9.17) is 0 Å². The lowest BCUT2D eigenvalue weighted by atomic mass is 10.1. The molecule has 8 nitrogen and oxygen atoms in total. The van der Waals surface area contributed by atoms with Gasteiger partial charge in [0.1, 0.15) is 0 Å². The fourth-order valence-electron chi connectivity index (χ4n) is 2.75. The van der Waals surface area contributed by atoms with Gasteiger partial charge in [-0.25, -0.2) is 0 Å². The third-order valence-corrected chi connectivity index (χ3v) is 4.30. The van der Waals surface area contributed by atoms with Crippen LogP contribution in [-0.4, -0.2) is 40.2 Å². The second-order valence-corrected chi connectivity index (χ2v) is 6.61. The average molecular weight is 385 g/mol. The van der Waals surface area contributed by atoms with E-state index < -0.39 is 0 Å². The topological polar surface area (TPSA) is 95.9 Å². The van der Waals surface area contributed by atoms with Crippen LogP contribution in [0.25, 0.3) is 11.0 Å². The van der Waals surface area contributed by atoms with Crippen molar-refractivity contribution in [2.24, 2.45) is 0 Å². The molecule has 0 bridgehead atoms. The Morgan fingerprint density at radius 1 is 0.897 bits per heavy atom. The van der Waals surface area contributed by atoms with Crippen molar-refractivity contribution in [2.75, 3.05) is 29.6 Å². The van der Waals surface area contributed by atoms with Crippen LogP contribution >= 0.6 is 0 Å². The van der Waals surface area contributed by atoms with Crippen molar-refractivity contribution in [1.82, 2.24) is 20.2 Å². The van der Waals surface area contributed by atoms with E-state index >= 15 is 0 Å². The number of amides is 1. The minimum atomic E-state index is -0.206. The van der Waals surface area contributed by atoms with Crippen LogP contribution in [0.4, 0.5) is 22.9 Å². The highest BCUT2D eigenvalue weighted by Crippen LogP contribution is 2.20. The summed E-state index contributed by atoms with van der Waals surface area (Å²) in [5.41, 5.74) is 4.44. The lowest BCUT2D eigenvalue weighted by molar-refractivity contribution is 0.102. The maximum atomic E-state index is 12.5. The Morgan fingerprint density at radius 2 is 1.62 bits per heavy atom. The average Bonchev–Trinajstić information content (AvgIpc) is 2.75. The van der Waals surface area contributed by atoms with Gasteiger partial charge in [-0.2, -0.15) is 5.10 Å². The molecule has 4 rings (SSSR count). The first-order chi connectivity index (χ1) is 14.1. The molecule has 0 aliphatic carbocycles. The molecule has 2 N–H and O–H groups in total. The number of hydrogen-bond acceptors (Lipinski definition) is 7. The molecule has 2 heterocycles. The van der Waals surface area contributed by atoms with Gasteiger partial charge < -0.3 is 15.5 Å². The van der Waals surface area contributed by atoms with E-state index in [2.05, 4.69) is 30.8 Å². The molecule has 0 spiro atoms. The van der Waals surface area contributed by atoms with Crippen molar-refractivity contribution in [1.29, 1.82) is 0 Å². The lowest BCUT2D eigenvalue weighted by Crippen LogP contribution is -2.12. The van der Waals surface area contributed by atoms with Crippen molar-refractivity contribution in [3.8, 4) is 0 Å². The third kappa shape index (κ3) is 4.27. The molecule has 0 aliphatic rings. The molecule has 4 aromatic rings. The molecule has 0 saturated heterocycles. The fraction of sp³-hybridized carbons (Fsp3) is 0.0952. The molecule has 0 saturated carbocycles. The summed E-state index contributed by atoms with van der Waals surface area (Å²) in [5.74, 6) is 0.438. The number of carbonyl (C=O) groups excluding carboxylic acids is 1. The predicted octanol–water partition coefficient (Wildman–Crippen LogP) is 3.48. The molecule has 29 heavy (non-hydrogen) atoms. The van der Waals surface area contributed by atoms with Gasteiger partial charge in [-0.3, -0.25) is 14.8 Å². The zero-order chi connectivity index (χ0) is 20.2. The molecule has 144 valence electrons. The first-order valence-electron chi connectivity index (χ1n) is 8.98. The Kier molecular flexibility index (Phi) is 4.98. The quantitative estimate of drug-likeness (QED) is 0.543. The Bertz CT molecular complexity index is 1160. The summed E-state index contributed by atoms with van der Waals surface area (Å²) in [7, 11) is 3.89. The number of fused-ring (bicyclic) bond motifs is 1. The Balaban J connectivity index is 1.44. The highest BCUT2D eigenvalue weighted by molar-refractivity contribution is 6.05. The number of carbonyl (C=O) groups is 1. The van der Waals surface area contributed by atoms with Crippen LogP contribution in [0.3, 0.4) is 0 Å². The molecular formula is C21H19N7O. The third-order valence-electron chi connectivity index (χ3n) is 4.30. The van der Waals surface area contributed by atoms with Crippen molar-refractivity contribution in [3.63, 3.8) is 0 Å². The molecule has 2 aromatic carbocycles. The molecule has 0 radical (unpaired) electrons. The highest BCUT2D eigenvalue weighted by Gasteiger charge is 2.08. The molecule has 8 heteroatoms. The summed E-state index contributed by atoms with van der Waals surface area (Å²) >= 11 is 0. The number of rotatable bonds is 5. The van der Waals surface area contributed by atoms with Crippen LogP contribution in [0, 0.1) is 0 Å². The monoisotopic (exact) mass is 385 g/mol. The maximum absolute atomic E-state index is 12.5. The van der Waals surface area contributed by atoms with E-state index in [1.165, 1.54) is 0 Å². The summed E-state index contributed by atoms with van der Waals surface area (Å²) in [5, 5.41) is 14.2. The second kappa shape index (κ2) is 7.89. The van der Waals surface area contributed by atoms with Crippen LogP contribution < -0.4 is 15.5 Å². The standard InChI is InChI=1S/C21H19N7O/c1-28(2)17-12-20(27-24-13-17)25-15-4-6-16(7-5-15)26-21(29)14-3-8-18-19(11-14)23-10-9-22-18/h3-13H,1-2H3,(H,25,27)(H,26,29). The van der Waals surface area contributed by atoms with E-state index in [0.29, 0.717) is 22.6 Å². The molecule has 0 fully saturated rings. The minimum Gasteiger partial charge on any atom is -0.376 e. The second-order valence-electron chi connectivity index (χ2n) is 6.61. The van der Waals surface area contributed by atoms with Gasteiger partial charge in [-0.15, -0.1) is 5.10 Å². The minimum absolute atomic E-state index is 0.206. The van der Waals surface area contributed by atoms with Gasteiger partial charge in [-0.05, 0) is 42.5 Å². The molecule has 1 amide bonds. The molecule has 2 aromatic heterocycles. The number of nitrogens with one attached hydrogen (secondary N) is 2. The Morgan fingerprint density at radius 3 is 2.38 bits per heavy atom. The molecule has 0 aliphatic heterocycles. The van der Waals surface area contributed by atoms with Crippen LogP contribution in [0.5, 0.6) is 0 Å². The number of nitrogens with zero attached hydrogens (tertiary/aromatic N) is 5. The van der Waals surface area contributed by atoms with Gasteiger partial charge in [0, 0.05) is 49.5 Å². The molecular weight excluding hydrogens is 366 g/mol. The van der Waals surface area contributed by atoms with Gasteiger partial charge in [0.15, 0.2) is 5.82 Å². The first-order valence-corrected chi connectivity index (χ1v) is 8.98. The van der Waals surface area contributed by atoms with Crippen molar-refractivity contribution < 1.29 is 4.79 Å². The van der Waals surface area contributed by atoms with Crippen LogP contribution in [0.2, 0.25) is 0 Å². The van der Waals surface area contributed by atoms with E-state index in [-0.39, 0.29) is 5.91 Å². The van der Waals surface area contributed by atoms with Crippen molar-refractivity contribution >= 4 is 39.8 Å². The van der Waals surface area contributed by atoms with Crippen LogP contribution in [-0.2, 0) is 0 Å². The van der Waals surface area contributed by atoms with Gasteiger partial charge in [0.2, 0.25) is 0 Å². The maximum Gasteiger partial charge on any atom is 0.255 e. The summed E-state index contributed by atoms with van der Waals surface area (Å²) in [6, 6.07) is 14.5. The largest absolute Gasteiger partial charge is 0.376 e. The fourth-order valence-corrected chi connectivity index (χ4v) is 2.75. The van der Waals surface area contributed by atoms with Crippen LogP contribution in [0.15, 0.2) is 67.1 Å². The van der Waals surface area contributed by atoms with Gasteiger partial charge in [0.25, 0.3) is 5.91 Å². The highest BCUT2D eigenvalue weighted by atomic mass is 16.1. The number of aromatic nitrogens is 4. The number of benzene rings is 2. The zero-order valence-electron chi connectivity index (χ0n) is 16.0. The molecule has 0 atom stereocenters. The van der Waals surface area contributed by atoms with E-state index in [1.54, 1.807) is 36.8 Å². The molecule has 0 unspecified atom stereocenters. The Labute approximate surface area is 167 Å². The van der Waals surface area contributed by atoms with Gasteiger partial charge in [-0.1, -0.05) is 0 Å². The van der Waals surface area contributed by atoms with Crippen molar-refractivity contribution in [3.05, 3.63) is 72.7 Å². The number of anilines is 4. The summed E-state index contributed by atoms with van der Waals surface area (Å²) in [6.45, 7) is 0. The number of hydrogen-bond donors (Lipinski definition) is 2. The first kappa shape index (κ1) is 18.3. The summed E-state index contributed by atoms with van der Waals surface area (Å²) in [6.07, 6.45) is 4.93. The zero-order valence-corrected chi connectivity index (χ0v) is 16.0. The summed E-state index contributed by atoms with van der Waals surface area (Å²) in [4.78, 5) is 22.9. The Hall–Kier alpha value is -4.07. The smallest absolute Gasteiger partial charge is 0.255 e. The van der Waals surface area contributed by atoms with Gasteiger partial charge >= 0.3 is 0 Å². The predicted molar refractivity (Wildman–Crippen MR) is 114 cm³/mol. The van der Waals surface area contributed by atoms with Gasteiger partial charge in [0.05, 0.1) is 22.9 Å². The normalized spacial score (nSPS) is 10.6.